The number of nitrogens with zero attached hydrogens (tertiary/aromatic N) is 3. The Balaban J connectivity index is 1.59. The van der Waals surface area contributed by atoms with Gasteiger partial charge in [0, 0.05) is 13.1 Å². The fourth-order valence-corrected chi connectivity index (χ4v) is 8.58. The third-order valence-corrected chi connectivity index (χ3v) is 9.86. The van der Waals surface area contributed by atoms with Crippen LogP contribution in [0.25, 0.3) is 10.2 Å². The van der Waals surface area contributed by atoms with Crippen LogP contribution in [-0.2, 0) is 15.0 Å². The quantitative estimate of drug-likeness (QED) is 0.765. The maximum atomic E-state index is 13.4. The number of rotatable bonds is 5. The molecule has 28 heavy (non-hydrogen) atoms. The number of piperidine rings is 2. The predicted octanol–water partition coefficient (Wildman–Crippen LogP) is 3.38. The van der Waals surface area contributed by atoms with Crippen LogP contribution in [0, 0.1) is 0 Å². The van der Waals surface area contributed by atoms with Crippen molar-refractivity contribution in [1.29, 1.82) is 0 Å². The van der Waals surface area contributed by atoms with Crippen molar-refractivity contribution in [3.05, 3.63) is 24.3 Å². The van der Waals surface area contributed by atoms with E-state index in [1.54, 1.807) is 11.3 Å². The summed E-state index contributed by atoms with van der Waals surface area (Å²) in [5.41, 5.74) is 0.919. The molecule has 2 atom stereocenters. The molecule has 4 rings (SSSR count). The summed E-state index contributed by atoms with van der Waals surface area (Å²) in [4.78, 5) is 16.3. The molecule has 2 aliphatic rings. The van der Waals surface area contributed by atoms with Crippen LogP contribution in [0.3, 0.4) is 0 Å². The second kappa shape index (κ2) is 8.27. The van der Waals surface area contributed by atoms with Gasteiger partial charge in [-0.05, 0) is 50.7 Å². The molecular weight excluding hydrogens is 418 g/mol. The van der Waals surface area contributed by atoms with Crippen LogP contribution in [0.1, 0.15) is 38.5 Å². The maximum Gasteiger partial charge on any atom is 0.322 e. The van der Waals surface area contributed by atoms with E-state index in [2.05, 4.69) is 4.98 Å². The summed E-state index contributed by atoms with van der Waals surface area (Å²) in [7, 11) is -3.84. The first-order valence-electron chi connectivity index (χ1n) is 9.50. The Kier molecular flexibility index (Phi) is 5.93. The summed E-state index contributed by atoms with van der Waals surface area (Å²) in [6.07, 6.45) is 4.31. The molecule has 0 bridgehead atoms. The second-order valence-electron chi connectivity index (χ2n) is 7.09. The van der Waals surface area contributed by atoms with Gasteiger partial charge in [0.05, 0.1) is 15.6 Å². The molecule has 152 valence electrons. The highest BCUT2D eigenvalue weighted by Gasteiger charge is 2.43. The molecule has 1 N–H and O–H groups in total. The Morgan fingerprint density at radius 1 is 1.11 bits per heavy atom. The van der Waals surface area contributed by atoms with Gasteiger partial charge in [-0.25, -0.2) is 4.98 Å². The van der Waals surface area contributed by atoms with E-state index in [0.29, 0.717) is 19.4 Å². The van der Waals surface area contributed by atoms with Crippen molar-refractivity contribution in [2.45, 2.75) is 54.3 Å². The molecule has 2 aliphatic heterocycles. The average molecular weight is 442 g/mol. The zero-order valence-electron chi connectivity index (χ0n) is 15.4. The molecule has 10 heteroatoms. The van der Waals surface area contributed by atoms with Gasteiger partial charge in [0.2, 0.25) is 0 Å². The Hall–Kier alpha value is -1.20. The summed E-state index contributed by atoms with van der Waals surface area (Å²) >= 11 is 3.05. The van der Waals surface area contributed by atoms with Gasteiger partial charge >= 0.3 is 5.97 Å². The molecule has 0 saturated carbocycles. The number of para-hydroxylation sites is 1. The Morgan fingerprint density at radius 3 is 2.57 bits per heavy atom. The Bertz CT molecular complexity index is 929. The number of carbonyl (C=O) groups is 1. The van der Waals surface area contributed by atoms with Gasteiger partial charge in [-0.1, -0.05) is 23.9 Å². The van der Waals surface area contributed by atoms with Gasteiger partial charge in [0.15, 0.2) is 4.34 Å². The molecule has 2 aromatic rings. The first kappa shape index (κ1) is 20.1. The van der Waals surface area contributed by atoms with E-state index in [-0.39, 0.29) is 11.9 Å². The minimum Gasteiger partial charge on any atom is -0.480 e. The summed E-state index contributed by atoms with van der Waals surface area (Å²) in [5.74, 6) is -1.06. The van der Waals surface area contributed by atoms with Gasteiger partial charge in [-0.2, -0.15) is 17.0 Å². The number of aromatic nitrogens is 1. The van der Waals surface area contributed by atoms with Crippen LogP contribution in [0.2, 0.25) is 0 Å². The van der Waals surface area contributed by atoms with Gasteiger partial charge in [0.25, 0.3) is 10.2 Å². The van der Waals surface area contributed by atoms with Crippen LogP contribution in [0.4, 0.5) is 0 Å². The third kappa shape index (κ3) is 3.93. The van der Waals surface area contributed by atoms with Crippen LogP contribution < -0.4 is 0 Å². The lowest BCUT2D eigenvalue weighted by Gasteiger charge is -2.40. The van der Waals surface area contributed by atoms with Crippen LogP contribution >= 0.6 is 23.1 Å². The molecule has 0 radical (unpaired) electrons. The van der Waals surface area contributed by atoms with E-state index in [0.717, 1.165) is 40.2 Å². The predicted molar refractivity (Wildman–Crippen MR) is 111 cm³/mol. The summed E-state index contributed by atoms with van der Waals surface area (Å²) in [6.45, 7) is 0.696. The molecule has 0 amide bonds. The lowest BCUT2D eigenvalue weighted by atomic mass is 10.1. The van der Waals surface area contributed by atoms with Gasteiger partial charge in [-0.3, -0.25) is 4.79 Å². The maximum absolute atomic E-state index is 13.4. The van der Waals surface area contributed by atoms with Crippen molar-refractivity contribution < 1.29 is 18.3 Å². The zero-order valence-corrected chi connectivity index (χ0v) is 17.8. The van der Waals surface area contributed by atoms with Crippen molar-refractivity contribution in [3.63, 3.8) is 0 Å². The Morgan fingerprint density at radius 2 is 1.82 bits per heavy atom. The SMILES string of the molecule is O=C(O)C1CCCCN1S(=O)(=O)N1CCCCC1Sc1nc2ccccc2s1. The molecule has 1 aromatic heterocycles. The van der Waals surface area contributed by atoms with Crippen LogP contribution in [-0.4, -0.2) is 57.6 Å². The lowest BCUT2D eigenvalue weighted by Crippen LogP contribution is -2.56. The molecule has 2 fully saturated rings. The molecule has 0 aliphatic carbocycles. The van der Waals surface area contributed by atoms with E-state index >= 15 is 0 Å². The average Bonchev–Trinajstić information content (AvgIpc) is 3.10. The normalized spacial score (nSPS) is 25.1. The largest absolute Gasteiger partial charge is 0.480 e. The summed E-state index contributed by atoms with van der Waals surface area (Å²) in [5, 5.41) is 9.26. The van der Waals surface area contributed by atoms with Crippen molar-refractivity contribution in [2.75, 3.05) is 13.1 Å². The minimum absolute atomic E-state index is 0.254. The first-order chi connectivity index (χ1) is 13.5. The highest BCUT2D eigenvalue weighted by molar-refractivity contribution is 8.02. The van der Waals surface area contributed by atoms with E-state index < -0.39 is 22.2 Å². The molecule has 1 aromatic carbocycles. The highest BCUT2D eigenvalue weighted by atomic mass is 32.2. The van der Waals surface area contributed by atoms with Gasteiger partial charge in [0.1, 0.15) is 6.04 Å². The number of carboxylic acids is 1. The fraction of sp³-hybridized carbons (Fsp3) is 0.556. The van der Waals surface area contributed by atoms with E-state index in [4.69, 9.17) is 0 Å². The molecule has 0 spiro atoms. The number of aliphatic carboxylic acids is 1. The van der Waals surface area contributed by atoms with E-state index in [1.807, 2.05) is 24.3 Å². The number of thiazole rings is 1. The van der Waals surface area contributed by atoms with Crippen LogP contribution in [0.5, 0.6) is 0 Å². The summed E-state index contributed by atoms with van der Waals surface area (Å²) < 4.78 is 31.4. The standard InChI is InChI=1S/C18H23N3O4S3/c22-17(23)14-8-3-5-11-20(14)28(24,25)21-12-6-4-10-16(21)27-18-19-13-7-1-2-9-15(13)26-18/h1-2,7,9,14,16H,3-6,8,10-12H2,(H,22,23). The van der Waals surface area contributed by atoms with Crippen molar-refractivity contribution in [2.24, 2.45) is 0 Å². The van der Waals surface area contributed by atoms with Gasteiger partial charge in [-0.15, -0.1) is 11.3 Å². The minimum atomic E-state index is -3.84. The lowest BCUT2D eigenvalue weighted by molar-refractivity contribution is -0.142. The monoisotopic (exact) mass is 441 g/mol. The molecule has 2 saturated heterocycles. The molecule has 2 unspecified atom stereocenters. The van der Waals surface area contributed by atoms with Crippen LogP contribution in [0.15, 0.2) is 28.6 Å². The van der Waals surface area contributed by atoms with E-state index in [1.165, 1.54) is 20.4 Å². The topological polar surface area (TPSA) is 90.8 Å². The van der Waals surface area contributed by atoms with Crippen molar-refractivity contribution >= 4 is 49.5 Å². The van der Waals surface area contributed by atoms with E-state index in [9.17, 15) is 18.3 Å². The second-order valence-corrected chi connectivity index (χ2v) is 11.4. The number of benzene rings is 1. The number of hydrogen-bond acceptors (Lipinski definition) is 6. The highest BCUT2D eigenvalue weighted by Crippen LogP contribution is 2.39. The number of hydrogen-bond donors (Lipinski definition) is 1. The first-order valence-corrected chi connectivity index (χ1v) is 12.6. The fourth-order valence-electron chi connectivity index (χ4n) is 3.84. The molecule has 7 nitrogen and oxygen atoms in total. The van der Waals surface area contributed by atoms with Crippen molar-refractivity contribution in [3.8, 4) is 0 Å². The molecular formula is C18H23N3O4S3. The number of fused-ring (bicyclic) bond motifs is 1. The number of thioether (sulfide) groups is 1. The Labute approximate surface area is 172 Å². The van der Waals surface area contributed by atoms with Crippen molar-refractivity contribution in [1.82, 2.24) is 13.6 Å². The third-order valence-electron chi connectivity index (χ3n) is 5.24. The smallest absolute Gasteiger partial charge is 0.322 e. The molecule has 3 heterocycles. The number of carboxylic acid groups (broad SMARTS) is 1. The zero-order chi connectivity index (χ0) is 19.7. The summed E-state index contributed by atoms with van der Waals surface area (Å²) in [6, 6.07) is 6.91. The van der Waals surface area contributed by atoms with Gasteiger partial charge < -0.3 is 5.11 Å².